The second-order valence-electron chi connectivity index (χ2n) is 5.92. The van der Waals surface area contributed by atoms with Crippen LogP contribution >= 0.6 is 11.6 Å². The summed E-state index contributed by atoms with van der Waals surface area (Å²) in [6.07, 6.45) is 2.96. The number of nitrogens with one attached hydrogen (secondary N) is 1. The zero-order valence-corrected chi connectivity index (χ0v) is 16.8. The van der Waals surface area contributed by atoms with Crippen molar-refractivity contribution in [1.82, 2.24) is 15.4 Å². The zero-order valence-electron chi connectivity index (χ0n) is 16.0. The second-order valence-corrected chi connectivity index (χ2v) is 6.33. The van der Waals surface area contributed by atoms with Gasteiger partial charge in [0.05, 0.1) is 31.8 Å². The summed E-state index contributed by atoms with van der Waals surface area (Å²) in [4.78, 5) is 26.1. The van der Waals surface area contributed by atoms with Crippen LogP contribution in [0.3, 0.4) is 0 Å². The van der Waals surface area contributed by atoms with Gasteiger partial charge in [-0.3, -0.25) is 14.6 Å². The molecular weight excluding hydrogens is 394 g/mol. The normalized spacial score (nSPS) is 10.4. The van der Waals surface area contributed by atoms with Crippen molar-refractivity contribution in [3.05, 3.63) is 71.1 Å². The summed E-state index contributed by atoms with van der Waals surface area (Å²) in [6.45, 7) is 2.59. The summed E-state index contributed by atoms with van der Waals surface area (Å²) in [5.74, 6) is 0.903. The Bertz CT molecular complexity index is 980. The van der Waals surface area contributed by atoms with E-state index in [1.165, 1.54) is 6.20 Å². The molecule has 1 heterocycles. The molecule has 0 fully saturated rings. The lowest BCUT2D eigenvalue weighted by Gasteiger charge is -2.09. The van der Waals surface area contributed by atoms with Gasteiger partial charge in [0, 0.05) is 16.1 Å². The molecule has 0 saturated carbocycles. The van der Waals surface area contributed by atoms with Crippen molar-refractivity contribution < 1.29 is 19.1 Å². The van der Waals surface area contributed by atoms with Crippen molar-refractivity contribution in [2.45, 2.75) is 13.5 Å². The molecule has 0 saturated heterocycles. The number of ether oxygens (including phenoxy) is 2. The first-order valence-corrected chi connectivity index (χ1v) is 9.28. The molecule has 0 spiro atoms. The quantitative estimate of drug-likeness (QED) is 0.560. The van der Waals surface area contributed by atoms with Gasteiger partial charge in [-0.15, -0.1) is 0 Å². The van der Waals surface area contributed by atoms with Gasteiger partial charge in [-0.2, -0.15) is 0 Å². The average Bonchev–Trinajstić information content (AvgIpc) is 2.76. The number of aromatic nitrogens is 2. The number of benzene rings is 2. The molecule has 0 bridgehead atoms. The van der Waals surface area contributed by atoms with E-state index in [1.54, 1.807) is 31.5 Å². The van der Waals surface area contributed by atoms with E-state index >= 15 is 0 Å². The van der Waals surface area contributed by atoms with Gasteiger partial charge in [-0.1, -0.05) is 11.6 Å². The third-order valence-electron chi connectivity index (χ3n) is 3.97. The molecule has 0 aliphatic rings. The Hall–Kier alpha value is -3.16. The molecule has 8 heteroatoms. The molecule has 0 aliphatic carbocycles. The van der Waals surface area contributed by atoms with Crippen LogP contribution in [0.1, 0.15) is 23.0 Å². The first-order chi connectivity index (χ1) is 14.1. The molecule has 1 amide bonds. The summed E-state index contributed by atoms with van der Waals surface area (Å²) in [7, 11) is 1.56. The molecule has 150 valence electrons. The van der Waals surface area contributed by atoms with E-state index in [2.05, 4.69) is 15.4 Å². The van der Waals surface area contributed by atoms with Crippen LogP contribution in [0, 0.1) is 0 Å². The maximum absolute atomic E-state index is 12.3. The minimum absolute atomic E-state index is 0.0772. The molecule has 3 aromatic rings. The van der Waals surface area contributed by atoms with Crippen molar-refractivity contribution in [3.63, 3.8) is 0 Å². The molecule has 7 nitrogen and oxygen atoms in total. The number of amides is 1. The topological polar surface area (TPSA) is 82.6 Å². The molecule has 0 aliphatic heterocycles. The highest BCUT2D eigenvalue weighted by molar-refractivity contribution is 6.31. The molecular formula is C21H20ClN3O4. The number of methoxy groups -OCH3 is 1. The van der Waals surface area contributed by atoms with Crippen LogP contribution in [0.25, 0.3) is 11.3 Å². The lowest BCUT2D eigenvalue weighted by molar-refractivity contribution is 0.0229. The van der Waals surface area contributed by atoms with Crippen LogP contribution in [-0.4, -0.2) is 29.6 Å². The Kier molecular flexibility index (Phi) is 6.99. The molecule has 3 rings (SSSR count). The highest BCUT2D eigenvalue weighted by Crippen LogP contribution is 2.23. The standard InChI is InChI=1S/C21H20ClN3O4/c1-3-28-16-6-4-14(5-7-16)19-11-23-12-20(24-19)21(26)25-29-13-15-10-17(27-2)8-9-18(15)22/h4-12H,3,13H2,1-2H3,(H,25,26). The van der Waals surface area contributed by atoms with Gasteiger partial charge in [-0.25, -0.2) is 10.5 Å². The summed E-state index contributed by atoms with van der Waals surface area (Å²) >= 11 is 6.13. The lowest BCUT2D eigenvalue weighted by atomic mass is 10.1. The summed E-state index contributed by atoms with van der Waals surface area (Å²) < 4.78 is 10.6. The van der Waals surface area contributed by atoms with Crippen LogP contribution in [0.15, 0.2) is 54.9 Å². The van der Waals surface area contributed by atoms with Gasteiger partial charge in [0.25, 0.3) is 5.91 Å². The highest BCUT2D eigenvalue weighted by atomic mass is 35.5. The number of halogens is 1. The zero-order chi connectivity index (χ0) is 20.6. The smallest absolute Gasteiger partial charge is 0.295 e. The number of hydrogen-bond donors (Lipinski definition) is 1. The average molecular weight is 414 g/mol. The number of hydrogen-bond acceptors (Lipinski definition) is 6. The minimum atomic E-state index is -0.510. The van der Waals surface area contributed by atoms with Crippen LogP contribution in [0.2, 0.25) is 5.02 Å². The van der Waals surface area contributed by atoms with Crippen molar-refractivity contribution in [2.75, 3.05) is 13.7 Å². The van der Waals surface area contributed by atoms with Crippen molar-refractivity contribution in [2.24, 2.45) is 0 Å². The van der Waals surface area contributed by atoms with Gasteiger partial charge >= 0.3 is 0 Å². The predicted molar refractivity (Wildman–Crippen MR) is 109 cm³/mol. The third-order valence-corrected chi connectivity index (χ3v) is 4.34. The van der Waals surface area contributed by atoms with Gasteiger partial charge in [0.1, 0.15) is 23.8 Å². The molecule has 0 atom stereocenters. The number of rotatable bonds is 8. The van der Waals surface area contributed by atoms with E-state index in [-0.39, 0.29) is 12.3 Å². The Morgan fingerprint density at radius 3 is 2.59 bits per heavy atom. The summed E-state index contributed by atoms with van der Waals surface area (Å²) in [5, 5.41) is 0.511. The predicted octanol–water partition coefficient (Wildman–Crippen LogP) is 4.07. The number of nitrogens with zero attached hydrogens (tertiary/aromatic N) is 2. The largest absolute Gasteiger partial charge is 0.497 e. The minimum Gasteiger partial charge on any atom is -0.497 e. The summed E-state index contributed by atoms with van der Waals surface area (Å²) in [6, 6.07) is 12.6. The van der Waals surface area contributed by atoms with Gasteiger partial charge < -0.3 is 9.47 Å². The van der Waals surface area contributed by atoms with Crippen molar-refractivity contribution in [1.29, 1.82) is 0 Å². The molecule has 29 heavy (non-hydrogen) atoms. The highest BCUT2D eigenvalue weighted by Gasteiger charge is 2.11. The van der Waals surface area contributed by atoms with Crippen LogP contribution < -0.4 is 15.0 Å². The van der Waals surface area contributed by atoms with Crippen LogP contribution in [0.4, 0.5) is 0 Å². The molecule has 0 unspecified atom stereocenters. The van der Waals surface area contributed by atoms with Crippen LogP contribution in [0.5, 0.6) is 11.5 Å². The van der Waals surface area contributed by atoms with Gasteiger partial charge in [0.2, 0.25) is 0 Å². The Morgan fingerprint density at radius 1 is 1.10 bits per heavy atom. The van der Waals surface area contributed by atoms with E-state index in [0.717, 1.165) is 11.3 Å². The van der Waals surface area contributed by atoms with E-state index in [1.807, 2.05) is 31.2 Å². The molecule has 1 aromatic heterocycles. The molecule has 0 radical (unpaired) electrons. The maximum atomic E-state index is 12.3. The fraction of sp³-hybridized carbons (Fsp3) is 0.190. The van der Waals surface area contributed by atoms with E-state index < -0.39 is 5.91 Å². The van der Waals surface area contributed by atoms with Crippen molar-refractivity contribution in [3.8, 4) is 22.8 Å². The van der Waals surface area contributed by atoms with Gasteiger partial charge in [-0.05, 0) is 49.4 Å². The number of hydroxylamine groups is 1. The Morgan fingerprint density at radius 2 is 1.86 bits per heavy atom. The van der Waals surface area contributed by atoms with E-state index in [4.69, 9.17) is 25.9 Å². The third kappa shape index (κ3) is 5.43. The molecule has 2 aromatic carbocycles. The Balaban J connectivity index is 1.63. The van der Waals surface area contributed by atoms with Crippen LogP contribution in [-0.2, 0) is 11.4 Å². The van der Waals surface area contributed by atoms with Gasteiger partial charge in [0.15, 0.2) is 0 Å². The molecule has 1 N–H and O–H groups in total. The first kappa shape index (κ1) is 20.6. The second kappa shape index (κ2) is 9.86. The fourth-order valence-electron chi connectivity index (χ4n) is 2.52. The Labute approximate surface area is 173 Å². The van der Waals surface area contributed by atoms with Crippen molar-refractivity contribution >= 4 is 17.5 Å². The monoisotopic (exact) mass is 413 g/mol. The number of carbonyl (C=O) groups excluding carboxylic acids is 1. The van der Waals surface area contributed by atoms with E-state index in [0.29, 0.717) is 28.6 Å². The maximum Gasteiger partial charge on any atom is 0.295 e. The summed E-state index contributed by atoms with van der Waals surface area (Å²) in [5.41, 5.74) is 4.55. The first-order valence-electron chi connectivity index (χ1n) is 8.90. The number of carbonyl (C=O) groups is 1. The lowest BCUT2D eigenvalue weighted by Crippen LogP contribution is -2.24. The fourth-order valence-corrected chi connectivity index (χ4v) is 2.70. The van der Waals surface area contributed by atoms with E-state index in [9.17, 15) is 4.79 Å². The SMILES string of the molecule is CCOc1ccc(-c2cncc(C(=O)NOCc3cc(OC)ccc3Cl)n2)cc1.